The molecule has 0 radical (unpaired) electrons. The molecule has 264 valence electrons. The number of benzene rings is 4. The lowest BCUT2D eigenvalue weighted by molar-refractivity contribution is 0.0696. The molecule has 2 heterocycles. The van der Waals surface area contributed by atoms with Crippen molar-refractivity contribution in [1.82, 2.24) is 19.5 Å². The molecule has 2 aromatic heterocycles. The van der Waals surface area contributed by atoms with Gasteiger partial charge in [0.05, 0.1) is 39.5 Å². The SMILES string of the molecule is [C-]#[N+]c1c2c3c(c(Nc4ccc(C(=O)O)cc4)ccc3n(-c3nc(N)nc(Nc4cc(S(=O)(=O)O)ccc4S(=O)(=O)O)n3)c1=O)C(=O)c1ccccc1-2. The van der Waals surface area contributed by atoms with E-state index in [0.717, 1.165) is 10.6 Å². The van der Waals surface area contributed by atoms with Gasteiger partial charge in [-0.2, -0.15) is 31.8 Å². The summed E-state index contributed by atoms with van der Waals surface area (Å²) in [6.45, 7) is 8.05. The van der Waals surface area contributed by atoms with E-state index < -0.39 is 76.6 Å². The predicted octanol–water partition coefficient (Wildman–Crippen LogP) is 4.20. The summed E-state index contributed by atoms with van der Waals surface area (Å²) < 4.78 is 68.0. The molecule has 0 spiro atoms. The number of carboxylic acid groups (broad SMARTS) is 1. The summed E-state index contributed by atoms with van der Waals surface area (Å²) in [6, 6.07) is 17.2. The molecule has 0 saturated heterocycles. The molecule has 7 rings (SSSR count). The monoisotopic (exact) mass is 752 g/mol. The maximum absolute atomic E-state index is 14.2. The van der Waals surface area contributed by atoms with Gasteiger partial charge in [0, 0.05) is 22.2 Å². The Balaban J connectivity index is 1.48. The summed E-state index contributed by atoms with van der Waals surface area (Å²) in [4.78, 5) is 53.9. The zero-order valence-corrected chi connectivity index (χ0v) is 28.0. The Kier molecular flexibility index (Phi) is 8.00. The summed E-state index contributed by atoms with van der Waals surface area (Å²) in [5.74, 6) is -3.22. The third-order valence-electron chi connectivity index (χ3n) is 8.12. The molecule has 0 aliphatic heterocycles. The van der Waals surface area contributed by atoms with Gasteiger partial charge in [-0.05, 0) is 60.2 Å². The van der Waals surface area contributed by atoms with E-state index in [2.05, 4.69) is 30.4 Å². The average molecular weight is 753 g/mol. The molecule has 0 unspecified atom stereocenters. The minimum atomic E-state index is -5.00. The van der Waals surface area contributed by atoms with Crippen molar-refractivity contribution in [2.75, 3.05) is 16.4 Å². The lowest BCUT2D eigenvalue weighted by Crippen LogP contribution is -2.25. The Hall–Kier alpha value is -7.05. The van der Waals surface area contributed by atoms with Crippen molar-refractivity contribution < 1.29 is 40.6 Å². The first-order valence-electron chi connectivity index (χ1n) is 14.8. The first-order chi connectivity index (χ1) is 25.1. The van der Waals surface area contributed by atoms with E-state index in [1.54, 1.807) is 24.3 Å². The second kappa shape index (κ2) is 12.3. The number of aromatic nitrogens is 4. The van der Waals surface area contributed by atoms with Gasteiger partial charge >= 0.3 is 5.97 Å². The molecule has 20 heteroatoms. The van der Waals surface area contributed by atoms with E-state index in [-0.39, 0.29) is 38.8 Å². The smallest absolute Gasteiger partial charge is 0.335 e. The summed E-state index contributed by atoms with van der Waals surface area (Å²) in [5, 5.41) is 15.0. The molecular formula is C33H20N8O10S2. The van der Waals surface area contributed by atoms with Crippen LogP contribution in [0.4, 0.5) is 34.6 Å². The van der Waals surface area contributed by atoms with E-state index in [0.29, 0.717) is 23.4 Å². The van der Waals surface area contributed by atoms with Gasteiger partial charge in [0.15, 0.2) is 5.78 Å². The minimum absolute atomic E-state index is 0.0271. The Labute approximate surface area is 297 Å². The van der Waals surface area contributed by atoms with Crippen LogP contribution in [0.1, 0.15) is 26.3 Å². The number of carboxylic acids is 1. The number of fused-ring (bicyclic) bond motifs is 2. The van der Waals surface area contributed by atoms with E-state index in [1.165, 1.54) is 36.4 Å². The van der Waals surface area contributed by atoms with Crippen LogP contribution in [0.25, 0.3) is 32.8 Å². The van der Waals surface area contributed by atoms with Gasteiger partial charge in [0.2, 0.25) is 17.8 Å². The highest BCUT2D eigenvalue weighted by Gasteiger charge is 2.33. The third kappa shape index (κ3) is 5.96. The molecule has 4 aromatic carbocycles. The molecule has 1 aliphatic rings. The van der Waals surface area contributed by atoms with Crippen molar-refractivity contribution in [1.29, 1.82) is 0 Å². The minimum Gasteiger partial charge on any atom is -0.478 e. The number of rotatable bonds is 8. The van der Waals surface area contributed by atoms with Crippen LogP contribution in [0.5, 0.6) is 0 Å². The fourth-order valence-corrected chi connectivity index (χ4v) is 7.05. The first-order valence-corrected chi connectivity index (χ1v) is 17.7. The third-order valence-corrected chi connectivity index (χ3v) is 9.88. The van der Waals surface area contributed by atoms with Crippen molar-refractivity contribution in [3.63, 3.8) is 0 Å². The Morgan fingerprint density at radius 2 is 1.51 bits per heavy atom. The molecule has 0 saturated carbocycles. The van der Waals surface area contributed by atoms with Crippen LogP contribution in [0, 0.1) is 6.57 Å². The fraction of sp³-hybridized carbons (Fsp3) is 0. The number of carbonyl (C=O) groups is 2. The fourth-order valence-electron chi connectivity index (χ4n) is 5.91. The Bertz CT molecular complexity index is 2940. The van der Waals surface area contributed by atoms with Crippen molar-refractivity contribution in [2.24, 2.45) is 0 Å². The number of hydrogen-bond acceptors (Lipinski definition) is 13. The largest absolute Gasteiger partial charge is 0.478 e. The van der Waals surface area contributed by atoms with Crippen LogP contribution in [-0.4, -0.2) is 62.3 Å². The molecule has 53 heavy (non-hydrogen) atoms. The number of hydrogen-bond donors (Lipinski definition) is 6. The van der Waals surface area contributed by atoms with E-state index >= 15 is 0 Å². The molecule has 0 amide bonds. The van der Waals surface area contributed by atoms with Crippen molar-refractivity contribution in [3.8, 4) is 17.1 Å². The highest BCUT2D eigenvalue weighted by Crippen LogP contribution is 2.46. The zero-order valence-electron chi connectivity index (χ0n) is 26.3. The molecule has 0 fully saturated rings. The van der Waals surface area contributed by atoms with E-state index in [1.807, 2.05) is 0 Å². The first kappa shape index (κ1) is 34.4. The summed E-state index contributed by atoms with van der Waals surface area (Å²) in [5.41, 5.74) is 5.44. The summed E-state index contributed by atoms with van der Waals surface area (Å²) in [6.07, 6.45) is 0. The maximum atomic E-state index is 14.2. The molecule has 7 N–H and O–H groups in total. The second-order valence-electron chi connectivity index (χ2n) is 11.3. The number of pyridine rings is 1. The van der Waals surface area contributed by atoms with Crippen molar-refractivity contribution >= 4 is 77.5 Å². The van der Waals surface area contributed by atoms with Crippen LogP contribution in [-0.2, 0) is 20.2 Å². The average Bonchev–Trinajstić information content (AvgIpc) is 3.09. The summed E-state index contributed by atoms with van der Waals surface area (Å²) >= 11 is 0. The molecule has 6 aromatic rings. The van der Waals surface area contributed by atoms with Gasteiger partial charge in [0.1, 0.15) is 4.90 Å². The van der Waals surface area contributed by atoms with Crippen LogP contribution in [0.3, 0.4) is 0 Å². The highest BCUT2D eigenvalue weighted by atomic mass is 32.2. The number of nitrogen functional groups attached to an aromatic ring is 1. The lowest BCUT2D eigenvalue weighted by Gasteiger charge is -2.25. The van der Waals surface area contributed by atoms with E-state index in [4.69, 9.17) is 12.3 Å². The van der Waals surface area contributed by atoms with E-state index in [9.17, 15) is 45.4 Å². The Morgan fingerprint density at radius 3 is 2.15 bits per heavy atom. The Morgan fingerprint density at radius 1 is 0.811 bits per heavy atom. The molecule has 1 aliphatic carbocycles. The van der Waals surface area contributed by atoms with Gasteiger partial charge in [-0.15, -0.1) is 0 Å². The van der Waals surface area contributed by atoms with Gasteiger partial charge in [-0.1, -0.05) is 24.3 Å². The number of nitrogens with zero attached hydrogens (tertiary/aromatic N) is 5. The normalized spacial score (nSPS) is 12.2. The number of nitrogens with two attached hydrogens (primary N) is 1. The van der Waals surface area contributed by atoms with Gasteiger partial charge in [0.25, 0.3) is 31.5 Å². The lowest BCUT2D eigenvalue weighted by atomic mass is 9.82. The summed E-state index contributed by atoms with van der Waals surface area (Å²) in [7, 11) is -9.86. The highest BCUT2D eigenvalue weighted by molar-refractivity contribution is 7.86. The number of anilines is 5. The van der Waals surface area contributed by atoms with Crippen LogP contribution >= 0.6 is 0 Å². The van der Waals surface area contributed by atoms with Gasteiger partial charge in [-0.25, -0.2) is 9.64 Å². The zero-order chi connectivity index (χ0) is 38.0. The van der Waals surface area contributed by atoms with Gasteiger partial charge in [-0.3, -0.25) is 23.3 Å². The maximum Gasteiger partial charge on any atom is 0.335 e. The number of aromatic carboxylic acids is 1. The predicted molar refractivity (Wildman–Crippen MR) is 189 cm³/mol. The van der Waals surface area contributed by atoms with Crippen molar-refractivity contribution in [3.05, 3.63) is 117 Å². The van der Waals surface area contributed by atoms with Crippen LogP contribution in [0.15, 0.2) is 93.4 Å². The van der Waals surface area contributed by atoms with Crippen molar-refractivity contribution in [2.45, 2.75) is 9.79 Å². The number of nitrogens with one attached hydrogen (secondary N) is 2. The van der Waals surface area contributed by atoms with Crippen LogP contribution in [0.2, 0.25) is 0 Å². The standard InChI is InChI=1S/C33H20N8O10S2/c1-35-27-24-18-4-2-3-5-19(18)28(42)25-20(36-16-8-6-15(7-9-16)30(44)45)11-12-22(26(24)25)41(29(27)43)33-39-31(34)38-32(40-33)37-21-14-17(52(46,47)48)10-13-23(21)53(49,50)51/h2-14,36H,(H,44,45)(H,46,47,48)(H,49,50,51)(H3,34,37,38,39,40). The second-order valence-corrected chi connectivity index (χ2v) is 14.1. The van der Waals surface area contributed by atoms with Gasteiger partial charge < -0.3 is 21.5 Å². The quantitative estimate of drug-likeness (QED) is 0.0937. The topological polar surface area (TPSA) is 278 Å². The van der Waals surface area contributed by atoms with Crippen LogP contribution < -0.4 is 21.9 Å². The molecule has 0 bridgehead atoms. The number of carbonyl (C=O) groups excluding carboxylic acids is 1. The molecule has 18 nitrogen and oxygen atoms in total. The molecular weight excluding hydrogens is 733 g/mol. The number of ketones is 1. The molecule has 0 atom stereocenters.